The van der Waals surface area contributed by atoms with Crippen LogP contribution in [0.1, 0.15) is 0 Å². The summed E-state index contributed by atoms with van der Waals surface area (Å²) in [6.45, 7) is 0. The molecule has 0 aliphatic heterocycles. The summed E-state index contributed by atoms with van der Waals surface area (Å²) in [6.07, 6.45) is 1.75. The number of hydrogen-bond donors (Lipinski definition) is 0. The van der Waals surface area contributed by atoms with Gasteiger partial charge in [0.1, 0.15) is 11.1 Å². The Morgan fingerprint density at radius 1 is 0.696 bits per heavy atom. The van der Waals surface area contributed by atoms with Gasteiger partial charge < -0.3 is 4.42 Å². The molecule has 4 heterocycles. The van der Waals surface area contributed by atoms with Crippen LogP contribution in [0.5, 0.6) is 0 Å². The van der Waals surface area contributed by atoms with Crippen molar-refractivity contribution in [2.24, 2.45) is 0 Å². The number of furan rings is 1. The van der Waals surface area contributed by atoms with Gasteiger partial charge in [-0.3, -0.25) is 0 Å². The SMILES string of the molecule is c1cnc2nc(-c3ccc4oc5ccccc5c4n3)ccc2c1. The molecule has 0 unspecified atom stereocenters. The van der Waals surface area contributed by atoms with Crippen molar-refractivity contribution in [2.75, 3.05) is 0 Å². The molecule has 1 aromatic carbocycles. The van der Waals surface area contributed by atoms with Crippen molar-refractivity contribution >= 4 is 33.1 Å². The number of fused-ring (bicyclic) bond motifs is 4. The van der Waals surface area contributed by atoms with E-state index in [-0.39, 0.29) is 0 Å². The Hall–Kier alpha value is -3.27. The second-order valence-electron chi connectivity index (χ2n) is 5.39. The van der Waals surface area contributed by atoms with Gasteiger partial charge in [0.15, 0.2) is 11.2 Å². The molecule has 0 aliphatic carbocycles. The molecule has 0 atom stereocenters. The lowest BCUT2D eigenvalue weighted by atomic mass is 10.2. The molecule has 4 aromatic heterocycles. The van der Waals surface area contributed by atoms with E-state index in [9.17, 15) is 0 Å². The molecule has 0 aliphatic rings. The van der Waals surface area contributed by atoms with Crippen molar-refractivity contribution < 1.29 is 4.42 Å². The van der Waals surface area contributed by atoms with E-state index in [0.29, 0.717) is 0 Å². The van der Waals surface area contributed by atoms with Crippen molar-refractivity contribution in [3.05, 3.63) is 66.9 Å². The smallest absolute Gasteiger partial charge is 0.159 e. The molecule has 0 N–H and O–H groups in total. The van der Waals surface area contributed by atoms with E-state index < -0.39 is 0 Å². The van der Waals surface area contributed by atoms with Crippen LogP contribution in [0, 0.1) is 0 Å². The maximum Gasteiger partial charge on any atom is 0.159 e. The molecule has 4 heteroatoms. The summed E-state index contributed by atoms with van der Waals surface area (Å²) in [4.78, 5) is 13.7. The third kappa shape index (κ3) is 1.89. The van der Waals surface area contributed by atoms with Gasteiger partial charge in [0.05, 0.1) is 11.4 Å². The van der Waals surface area contributed by atoms with Crippen molar-refractivity contribution in [3.63, 3.8) is 0 Å². The van der Waals surface area contributed by atoms with E-state index in [1.165, 1.54) is 0 Å². The van der Waals surface area contributed by atoms with Gasteiger partial charge >= 0.3 is 0 Å². The number of benzene rings is 1. The minimum absolute atomic E-state index is 0.726. The highest BCUT2D eigenvalue weighted by atomic mass is 16.3. The molecular formula is C19H11N3O. The third-order valence-corrected chi connectivity index (χ3v) is 3.95. The van der Waals surface area contributed by atoms with Crippen LogP contribution in [0.3, 0.4) is 0 Å². The summed E-state index contributed by atoms with van der Waals surface area (Å²) in [7, 11) is 0. The number of hydrogen-bond acceptors (Lipinski definition) is 4. The Bertz CT molecular complexity index is 1180. The minimum Gasteiger partial charge on any atom is -0.454 e. The zero-order chi connectivity index (χ0) is 15.2. The van der Waals surface area contributed by atoms with Crippen molar-refractivity contribution in [3.8, 4) is 11.4 Å². The van der Waals surface area contributed by atoms with E-state index >= 15 is 0 Å². The van der Waals surface area contributed by atoms with Crippen molar-refractivity contribution in [1.82, 2.24) is 15.0 Å². The molecule has 108 valence electrons. The lowest BCUT2D eigenvalue weighted by Gasteiger charge is -2.02. The fourth-order valence-corrected chi connectivity index (χ4v) is 2.83. The Morgan fingerprint density at radius 2 is 1.57 bits per heavy atom. The molecule has 23 heavy (non-hydrogen) atoms. The van der Waals surface area contributed by atoms with Gasteiger partial charge in [0.25, 0.3) is 0 Å². The predicted molar refractivity (Wildman–Crippen MR) is 90.0 cm³/mol. The molecule has 0 saturated heterocycles. The highest BCUT2D eigenvalue weighted by Crippen LogP contribution is 2.29. The first-order valence-electron chi connectivity index (χ1n) is 7.39. The van der Waals surface area contributed by atoms with E-state index in [0.717, 1.165) is 44.5 Å². The first-order chi connectivity index (χ1) is 11.4. The van der Waals surface area contributed by atoms with Gasteiger partial charge in [0.2, 0.25) is 0 Å². The summed E-state index contributed by atoms with van der Waals surface area (Å²) in [5, 5.41) is 2.04. The molecule has 5 rings (SSSR count). The van der Waals surface area contributed by atoms with Gasteiger partial charge in [-0.05, 0) is 48.5 Å². The fraction of sp³-hybridized carbons (Fsp3) is 0. The number of nitrogens with zero attached hydrogens (tertiary/aromatic N) is 3. The largest absolute Gasteiger partial charge is 0.454 e. The molecular weight excluding hydrogens is 286 g/mol. The number of pyridine rings is 3. The van der Waals surface area contributed by atoms with Crippen molar-refractivity contribution in [1.29, 1.82) is 0 Å². The summed E-state index contributed by atoms with van der Waals surface area (Å²) in [5.41, 5.74) is 4.85. The van der Waals surface area contributed by atoms with E-state index in [1.807, 2.05) is 60.7 Å². The monoisotopic (exact) mass is 297 g/mol. The second-order valence-corrected chi connectivity index (χ2v) is 5.39. The molecule has 0 amide bonds. The summed E-state index contributed by atoms with van der Waals surface area (Å²) in [6, 6.07) is 19.7. The van der Waals surface area contributed by atoms with Crippen LogP contribution in [-0.4, -0.2) is 15.0 Å². The standard InChI is InChI=1S/C19H11N3O/c1-2-6-16-13(5-1)18-17(23-16)10-9-14(21-18)15-8-7-12-4-3-11-20-19(12)22-15/h1-11H. The number of aromatic nitrogens is 3. The van der Waals surface area contributed by atoms with Crippen LogP contribution in [0.15, 0.2) is 71.3 Å². The summed E-state index contributed by atoms with van der Waals surface area (Å²) in [5.74, 6) is 0. The lowest BCUT2D eigenvalue weighted by Crippen LogP contribution is -1.90. The predicted octanol–water partition coefficient (Wildman–Crippen LogP) is 4.59. The normalized spacial score (nSPS) is 11.5. The molecule has 5 aromatic rings. The van der Waals surface area contributed by atoms with E-state index in [2.05, 4.69) is 9.97 Å². The fourth-order valence-electron chi connectivity index (χ4n) is 2.83. The zero-order valence-corrected chi connectivity index (χ0v) is 12.1. The first-order valence-corrected chi connectivity index (χ1v) is 7.39. The average Bonchev–Trinajstić information content (AvgIpc) is 2.99. The van der Waals surface area contributed by atoms with Crippen LogP contribution in [0.4, 0.5) is 0 Å². The Labute approximate surface area is 131 Å². The minimum atomic E-state index is 0.726. The average molecular weight is 297 g/mol. The second kappa shape index (κ2) is 4.61. The van der Waals surface area contributed by atoms with Gasteiger partial charge in [-0.2, -0.15) is 0 Å². The molecule has 0 radical (unpaired) electrons. The van der Waals surface area contributed by atoms with Gasteiger partial charge in [0, 0.05) is 17.0 Å². The molecule has 0 bridgehead atoms. The number of para-hydroxylation sites is 1. The van der Waals surface area contributed by atoms with Crippen LogP contribution in [-0.2, 0) is 0 Å². The Morgan fingerprint density at radius 3 is 2.57 bits per heavy atom. The van der Waals surface area contributed by atoms with Crippen molar-refractivity contribution in [2.45, 2.75) is 0 Å². The number of rotatable bonds is 1. The van der Waals surface area contributed by atoms with Gasteiger partial charge in [-0.25, -0.2) is 15.0 Å². The molecule has 4 nitrogen and oxygen atoms in total. The quantitative estimate of drug-likeness (QED) is 0.454. The lowest BCUT2D eigenvalue weighted by molar-refractivity contribution is 0.668. The molecule has 0 saturated carbocycles. The van der Waals surface area contributed by atoms with E-state index in [1.54, 1.807) is 6.20 Å². The third-order valence-electron chi connectivity index (χ3n) is 3.95. The van der Waals surface area contributed by atoms with Crippen LogP contribution < -0.4 is 0 Å². The molecule has 0 fully saturated rings. The van der Waals surface area contributed by atoms with Crippen LogP contribution in [0.2, 0.25) is 0 Å². The zero-order valence-electron chi connectivity index (χ0n) is 12.1. The Balaban J connectivity index is 1.76. The summed E-state index contributed by atoms with van der Waals surface area (Å²) >= 11 is 0. The topological polar surface area (TPSA) is 51.8 Å². The van der Waals surface area contributed by atoms with Crippen LogP contribution in [0.25, 0.3) is 44.5 Å². The summed E-state index contributed by atoms with van der Waals surface area (Å²) < 4.78 is 5.82. The maximum absolute atomic E-state index is 5.82. The van der Waals surface area contributed by atoms with Gasteiger partial charge in [-0.15, -0.1) is 0 Å². The van der Waals surface area contributed by atoms with Gasteiger partial charge in [-0.1, -0.05) is 12.1 Å². The van der Waals surface area contributed by atoms with Crippen LogP contribution >= 0.6 is 0 Å². The first kappa shape index (κ1) is 12.3. The van der Waals surface area contributed by atoms with E-state index in [4.69, 9.17) is 9.40 Å². The highest BCUT2D eigenvalue weighted by molar-refractivity contribution is 6.02. The Kier molecular flexibility index (Phi) is 2.46. The highest BCUT2D eigenvalue weighted by Gasteiger charge is 2.10. The molecule has 0 spiro atoms. The maximum atomic E-state index is 5.82.